The number of nitro groups is 2. The first-order valence-electron chi connectivity index (χ1n) is 4.32. The lowest BCUT2D eigenvalue weighted by atomic mass is 10.4. The Bertz CT molecular complexity index is 497. The van der Waals surface area contributed by atoms with Gasteiger partial charge in [0, 0.05) is 11.9 Å². The monoisotopic (exact) mass is 306 g/mol. The lowest BCUT2D eigenvalue weighted by Gasteiger charge is -1.98. The molecule has 0 saturated carbocycles. The van der Waals surface area contributed by atoms with Crippen LogP contribution in [0.5, 0.6) is 0 Å². The quantitative estimate of drug-likeness (QED) is 0.454. The average Bonchev–Trinajstić information content (AvgIpc) is 2.56. The largest absolute Gasteiger partial charge is 0.462 e. The predicted molar refractivity (Wildman–Crippen MR) is 59.1 cm³/mol. The summed E-state index contributed by atoms with van der Waals surface area (Å²) in [6.45, 7) is 1.04. The number of alkyl halides is 1. The SMILES string of the molecule is Cc1nc([N+](=O)[O-])c([N+](=O)[O-])n1CC(=O)CBr. The van der Waals surface area contributed by atoms with E-state index in [4.69, 9.17) is 0 Å². The van der Waals surface area contributed by atoms with Crippen LogP contribution in [0.2, 0.25) is 0 Å². The molecule has 17 heavy (non-hydrogen) atoms. The summed E-state index contributed by atoms with van der Waals surface area (Å²) in [6, 6.07) is 0. The number of carbonyl (C=O) groups is 1. The second-order valence-electron chi connectivity index (χ2n) is 3.08. The molecule has 0 spiro atoms. The zero-order valence-corrected chi connectivity index (χ0v) is 10.2. The van der Waals surface area contributed by atoms with Crippen LogP contribution in [0.15, 0.2) is 0 Å². The van der Waals surface area contributed by atoms with Crippen LogP contribution in [0.1, 0.15) is 5.82 Å². The topological polar surface area (TPSA) is 121 Å². The molecule has 9 nitrogen and oxygen atoms in total. The molecule has 0 aliphatic heterocycles. The second kappa shape index (κ2) is 4.99. The molecule has 1 aromatic rings. The summed E-state index contributed by atoms with van der Waals surface area (Å²) in [6.07, 6.45) is 0. The number of hydrogen-bond donors (Lipinski definition) is 0. The lowest BCUT2D eigenvalue weighted by Crippen LogP contribution is -2.14. The van der Waals surface area contributed by atoms with Crippen molar-refractivity contribution >= 4 is 33.3 Å². The van der Waals surface area contributed by atoms with Gasteiger partial charge in [0.05, 0.1) is 5.33 Å². The molecule has 1 heterocycles. The third kappa shape index (κ3) is 2.64. The Hall–Kier alpha value is -1.84. The number of Topliss-reactive ketones (excluding diaryl/α,β-unsaturated/α-hetero) is 1. The summed E-state index contributed by atoms with van der Waals surface area (Å²) in [7, 11) is 0. The van der Waals surface area contributed by atoms with Crippen LogP contribution < -0.4 is 0 Å². The van der Waals surface area contributed by atoms with Crippen molar-refractivity contribution in [1.82, 2.24) is 9.55 Å². The molecule has 0 aliphatic rings. The Morgan fingerprint density at radius 2 is 2.00 bits per heavy atom. The number of aromatic nitrogens is 2. The van der Waals surface area contributed by atoms with E-state index in [0.29, 0.717) is 0 Å². The van der Waals surface area contributed by atoms with E-state index < -0.39 is 21.5 Å². The van der Waals surface area contributed by atoms with Gasteiger partial charge in [-0.25, -0.2) is 0 Å². The Kier molecular flexibility index (Phi) is 3.89. The van der Waals surface area contributed by atoms with Crippen molar-refractivity contribution in [1.29, 1.82) is 0 Å². The first kappa shape index (κ1) is 13.2. The van der Waals surface area contributed by atoms with Gasteiger partial charge in [-0.1, -0.05) is 15.9 Å². The number of imidazole rings is 1. The summed E-state index contributed by atoms with van der Waals surface area (Å²) < 4.78 is 0.918. The van der Waals surface area contributed by atoms with E-state index in [1.807, 2.05) is 0 Å². The molecule has 0 aromatic carbocycles. The Balaban J connectivity index is 3.33. The molecule has 0 atom stereocenters. The summed E-state index contributed by atoms with van der Waals surface area (Å²) >= 11 is 2.91. The summed E-state index contributed by atoms with van der Waals surface area (Å²) in [4.78, 5) is 34.1. The van der Waals surface area contributed by atoms with Gasteiger partial charge in [0.2, 0.25) is 0 Å². The van der Waals surface area contributed by atoms with Crippen LogP contribution in [-0.4, -0.2) is 30.5 Å². The van der Waals surface area contributed by atoms with E-state index in [0.717, 1.165) is 4.57 Å². The van der Waals surface area contributed by atoms with Gasteiger partial charge in [0.1, 0.15) is 0 Å². The van der Waals surface area contributed by atoms with E-state index in [2.05, 4.69) is 20.9 Å². The minimum absolute atomic E-state index is 0.00950. The number of ketones is 1. The second-order valence-corrected chi connectivity index (χ2v) is 3.64. The fourth-order valence-electron chi connectivity index (χ4n) is 1.25. The predicted octanol–water partition coefficient (Wildman–Crippen LogP) is 0.972. The van der Waals surface area contributed by atoms with E-state index in [9.17, 15) is 25.0 Å². The maximum atomic E-state index is 11.2. The zero-order valence-electron chi connectivity index (χ0n) is 8.62. The Morgan fingerprint density at radius 3 is 2.41 bits per heavy atom. The molecule has 0 unspecified atom stereocenters. The molecule has 0 amide bonds. The van der Waals surface area contributed by atoms with Crippen molar-refractivity contribution in [3.8, 4) is 0 Å². The van der Waals surface area contributed by atoms with Gasteiger partial charge in [0.15, 0.2) is 12.3 Å². The first-order valence-corrected chi connectivity index (χ1v) is 5.44. The van der Waals surface area contributed by atoms with Gasteiger partial charge in [-0.05, 0) is 9.85 Å². The van der Waals surface area contributed by atoms with Gasteiger partial charge in [-0.15, -0.1) is 0 Å². The number of aryl methyl sites for hydroxylation is 1. The molecule has 0 radical (unpaired) electrons. The van der Waals surface area contributed by atoms with Gasteiger partial charge in [0.25, 0.3) is 0 Å². The number of nitrogens with zero attached hydrogens (tertiary/aromatic N) is 4. The first-order chi connectivity index (χ1) is 7.88. The summed E-state index contributed by atoms with van der Waals surface area (Å²) in [5, 5.41) is 21.3. The van der Waals surface area contributed by atoms with Crippen LogP contribution in [0.25, 0.3) is 0 Å². The zero-order chi connectivity index (χ0) is 13.2. The summed E-state index contributed by atoms with van der Waals surface area (Å²) in [5.41, 5.74) is 0. The van der Waals surface area contributed by atoms with Gasteiger partial charge < -0.3 is 20.2 Å². The normalized spacial score (nSPS) is 10.2. The van der Waals surface area contributed by atoms with Crippen molar-refractivity contribution < 1.29 is 14.6 Å². The van der Waals surface area contributed by atoms with E-state index in [-0.39, 0.29) is 23.5 Å². The van der Waals surface area contributed by atoms with Crippen LogP contribution >= 0.6 is 15.9 Å². The molecular weight excluding hydrogens is 300 g/mol. The number of carbonyl (C=O) groups excluding carboxylic acids is 1. The van der Waals surface area contributed by atoms with E-state index in [1.165, 1.54) is 6.92 Å². The van der Waals surface area contributed by atoms with Gasteiger partial charge in [-0.3, -0.25) is 4.79 Å². The molecule has 10 heteroatoms. The number of rotatable bonds is 5. The minimum Gasteiger partial charge on any atom is -0.358 e. The Labute approximate surface area is 103 Å². The summed E-state index contributed by atoms with van der Waals surface area (Å²) in [5.74, 6) is -1.92. The van der Waals surface area contributed by atoms with Crippen molar-refractivity contribution in [2.75, 3.05) is 5.33 Å². The number of halogens is 1. The highest BCUT2D eigenvalue weighted by Gasteiger charge is 2.36. The average molecular weight is 307 g/mol. The molecule has 1 rings (SSSR count). The molecule has 0 bridgehead atoms. The molecular formula is C7H7BrN4O5. The molecule has 1 aromatic heterocycles. The van der Waals surface area contributed by atoms with Crippen LogP contribution in [0, 0.1) is 27.2 Å². The van der Waals surface area contributed by atoms with Crippen LogP contribution in [-0.2, 0) is 11.3 Å². The minimum atomic E-state index is -0.944. The van der Waals surface area contributed by atoms with Crippen molar-refractivity contribution in [2.24, 2.45) is 0 Å². The molecule has 0 saturated heterocycles. The smallest absolute Gasteiger partial charge is 0.358 e. The third-order valence-electron chi connectivity index (χ3n) is 1.94. The van der Waals surface area contributed by atoms with E-state index >= 15 is 0 Å². The highest BCUT2D eigenvalue weighted by Crippen LogP contribution is 2.27. The van der Waals surface area contributed by atoms with Crippen molar-refractivity contribution in [3.63, 3.8) is 0 Å². The standard InChI is InChI=1S/C7H7BrN4O5/c1-4-9-6(11(14)15)7(12(16)17)10(4)3-5(13)2-8/h2-3H2,1H3. The maximum absolute atomic E-state index is 11.2. The van der Waals surface area contributed by atoms with Gasteiger partial charge in [-0.2, -0.15) is 4.57 Å². The van der Waals surface area contributed by atoms with Crippen molar-refractivity contribution in [2.45, 2.75) is 13.5 Å². The molecule has 0 N–H and O–H groups in total. The fourth-order valence-corrected chi connectivity index (χ4v) is 1.43. The van der Waals surface area contributed by atoms with Crippen LogP contribution in [0.3, 0.4) is 0 Å². The van der Waals surface area contributed by atoms with E-state index in [1.54, 1.807) is 0 Å². The molecule has 0 aliphatic carbocycles. The van der Waals surface area contributed by atoms with Crippen molar-refractivity contribution in [3.05, 3.63) is 26.1 Å². The highest BCUT2D eigenvalue weighted by atomic mass is 79.9. The third-order valence-corrected chi connectivity index (χ3v) is 2.57. The molecule has 92 valence electrons. The molecule has 0 fully saturated rings. The lowest BCUT2D eigenvalue weighted by molar-refractivity contribution is -0.428. The number of hydrogen-bond acceptors (Lipinski definition) is 6. The maximum Gasteiger partial charge on any atom is 0.462 e. The fraction of sp³-hybridized carbons (Fsp3) is 0.429. The highest BCUT2D eigenvalue weighted by molar-refractivity contribution is 9.09. The van der Waals surface area contributed by atoms with Gasteiger partial charge >= 0.3 is 17.5 Å². The Morgan fingerprint density at radius 1 is 1.41 bits per heavy atom. The van der Waals surface area contributed by atoms with Crippen LogP contribution in [0.4, 0.5) is 11.6 Å².